The third-order valence-corrected chi connectivity index (χ3v) is 4.54. The lowest BCUT2D eigenvalue weighted by atomic mass is 10.1. The Kier molecular flexibility index (Phi) is 2.78. The first-order chi connectivity index (χ1) is 9.04. The molecular weight excluding hydrogens is 238 g/mol. The number of hydrogen-bond acceptors (Lipinski definition) is 3. The van der Waals surface area contributed by atoms with Crippen LogP contribution in [0.4, 0.5) is 11.4 Å². The number of nitrogens with two attached hydrogens (primary N) is 1. The highest BCUT2D eigenvalue weighted by Crippen LogP contribution is 2.45. The van der Waals surface area contributed by atoms with Crippen LogP contribution in [0.5, 0.6) is 0 Å². The van der Waals surface area contributed by atoms with Crippen LogP contribution >= 0.6 is 0 Å². The van der Waals surface area contributed by atoms with Crippen molar-refractivity contribution in [1.29, 1.82) is 0 Å². The number of likely N-dealkylation sites (N-methyl/N-ethyl adjacent to an activating group) is 1. The summed E-state index contributed by atoms with van der Waals surface area (Å²) in [4.78, 5) is 15.7. The van der Waals surface area contributed by atoms with E-state index in [4.69, 9.17) is 5.73 Å². The van der Waals surface area contributed by atoms with Gasteiger partial charge in [-0.3, -0.25) is 4.79 Å². The summed E-state index contributed by atoms with van der Waals surface area (Å²) >= 11 is 0. The van der Waals surface area contributed by atoms with Crippen molar-refractivity contribution in [2.24, 2.45) is 11.1 Å². The first-order valence-electron chi connectivity index (χ1n) is 6.85. The molecule has 1 saturated carbocycles. The molecule has 0 atom stereocenters. The molecule has 2 aliphatic rings. The van der Waals surface area contributed by atoms with Gasteiger partial charge >= 0.3 is 0 Å². The van der Waals surface area contributed by atoms with E-state index >= 15 is 0 Å². The summed E-state index contributed by atoms with van der Waals surface area (Å²) in [5.41, 5.74) is 9.54. The monoisotopic (exact) mass is 259 g/mol. The number of hydrogen-bond donors (Lipinski definition) is 1. The Morgan fingerprint density at radius 1 is 1.42 bits per heavy atom. The fourth-order valence-corrected chi connectivity index (χ4v) is 2.89. The van der Waals surface area contributed by atoms with E-state index in [1.807, 2.05) is 13.1 Å². The second kappa shape index (κ2) is 4.23. The van der Waals surface area contributed by atoms with Gasteiger partial charge in [0.1, 0.15) is 0 Å². The van der Waals surface area contributed by atoms with Crippen LogP contribution in [0.1, 0.15) is 18.4 Å². The minimum atomic E-state index is 0.176. The Labute approximate surface area is 114 Å². The number of rotatable bonds is 4. The van der Waals surface area contributed by atoms with E-state index in [0.717, 1.165) is 24.3 Å². The van der Waals surface area contributed by atoms with Gasteiger partial charge in [0.2, 0.25) is 5.91 Å². The molecule has 0 saturated heterocycles. The molecule has 3 rings (SSSR count). The molecule has 1 amide bonds. The molecule has 1 aliphatic carbocycles. The van der Waals surface area contributed by atoms with E-state index in [1.54, 1.807) is 4.90 Å². The SMILES string of the molecule is CN(CC1(CN)CC1)c1ccc2c(c1)CC(=O)N2C. The molecule has 0 unspecified atom stereocenters. The summed E-state index contributed by atoms with van der Waals surface area (Å²) < 4.78 is 0. The van der Waals surface area contributed by atoms with Gasteiger partial charge in [-0.25, -0.2) is 0 Å². The topological polar surface area (TPSA) is 49.6 Å². The number of fused-ring (bicyclic) bond motifs is 1. The van der Waals surface area contributed by atoms with Crippen LogP contribution in [0, 0.1) is 5.41 Å². The predicted molar refractivity (Wildman–Crippen MR) is 77.5 cm³/mol. The van der Waals surface area contributed by atoms with Gasteiger partial charge in [-0.2, -0.15) is 0 Å². The van der Waals surface area contributed by atoms with Crippen molar-refractivity contribution in [1.82, 2.24) is 0 Å². The summed E-state index contributed by atoms with van der Waals surface area (Å²) in [5, 5.41) is 0. The molecule has 0 bridgehead atoms. The summed E-state index contributed by atoms with van der Waals surface area (Å²) in [5.74, 6) is 0.176. The van der Waals surface area contributed by atoms with Crippen molar-refractivity contribution in [3.05, 3.63) is 23.8 Å². The Hall–Kier alpha value is -1.55. The molecule has 19 heavy (non-hydrogen) atoms. The fraction of sp³-hybridized carbons (Fsp3) is 0.533. The average Bonchev–Trinajstić information content (AvgIpc) is 3.12. The molecule has 1 heterocycles. The highest BCUT2D eigenvalue weighted by Gasteiger charge is 2.42. The van der Waals surface area contributed by atoms with Crippen molar-refractivity contribution in [2.75, 3.05) is 37.0 Å². The van der Waals surface area contributed by atoms with Crippen LogP contribution in [0.25, 0.3) is 0 Å². The van der Waals surface area contributed by atoms with Gasteiger partial charge in [0, 0.05) is 37.4 Å². The number of carbonyl (C=O) groups is 1. The number of carbonyl (C=O) groups excluding carboxylic acids is 1. The molecule has 1 aromatic carbocycles. The Balaban J connectivity index is 1.79. The van der Waals surface area contributed by atoms with Gasteiger partial charge in [0.05, 0.1) is 6.42 Å². The maximum absolute atomic E-state index is 11.7. The van der Waals surface area contributed by atoms with E-state index < -0.39 is 0 Å². The molecule has 0 spiro atoms. The van der Waals surface area contributed by atoms with Crippen molar-refractivity contribution in [3.63, 3.8) is 0 Å². The van der Waals surface area contributed by atoms with Crippen molar-refractivity contribution in [2.45, 2.75) is 19.3 Å². The zero-order valence-corrected chi connectivity index (χ0v) is 11.6. The smallest absolute Gasteiger partial charge is 0.231 e. The molecule has 1 fully saturated rings. The lowest BCUT2D eigenvalue weighted by Gasteiger charge is -2.25. The zero-order chi connectivity index (χ0) is 13.6. The molecule has 4 heteroatoms. The first-order valence-corrected chi connectivity index (χ1v) is 6.85. The van der Waals surface area contributed by atoms with E-state index in [-0.39, 0.29) is 5.91 Å². The maximum atomic E-state index is 11.7. The minimum absolute atomic E-state index is 0.176. The predicted octanol–water partition coefficient (Wildman–Crippen LogP) is 1.38. The Bertz CT molecular complexity index is 522. The molecule has 102 valence electrons. The van der Waals surface area contributed by atoms with Gasteiger partial charge < -0.3 is 15.5 Å². The van der Waals surface area contributed by atoms with E-state index in [9.17, 15) is 4.79 Å². The summed E-state index contributed by atoms with van der Waals surface area (Å²) in [6.07, 6.45) is 3.00. The highest BCUT2D eigenvalue weighted by molar-refractivity contribution is 6.01. The second-order valence-electron chi connectivity index (χ2n) is 6.00. The van der Waals surface area contributed by atoms with Crippen molar-refractivity contribution < 1.29 is 4.79 Å². The maximum Gasteiger partial charge on any atom is 0.231 e. The van der Waals surface area contributed by atoms with E-state index in [1.165, 1.54) is 18.5 Å². The van der Waals surface area contributed by atoms with Crippen LogP contribution in [0.15, 0.2) is 18.2 Å². The van der Waals surface area contributed by atoms with Crippen LogP contribution < -0.4 is 15.5 Å². The summed E-state index contributed by atoms with van der Waals surface area (Å²) in [6.45, 7) is 1.77. The Morgan fingerprint density at radius 2 is 2.16 bits per heavy atom. The molecule has 4 nitrogen and oxygen atoms in total. The van der Waals surface area contributed by atoms with Crippen molar-refractivity contribution in [3.8, 4) is 0 Å². The van der Waals surface area contributed by atoms with Crippen LogP contribution in [0.3, 0.4) is 0 Å². The van der Waals surface area contributed by atoms with Gasteiger partial charge in [-0.05, 0) is 43.1 Å². The lowest BCUT2D eigenvalue weighted by Crippen LogP contribution is -2.31. The highest BCUT2D eigenvalue weighted by atomic mass is 16.2. The summed E-state index contributed by atoms with van der Waals surface area (Å²) in [6, 6.07) is 6.29. The van der Waals surface area contributed by atoms with Crippen LogP contribution in [0.2, 0.25) is 0 Å². The van der Waals surface area contributed by atoms with Crippen molar-refractivity contribution >= 4 is 17.3 Å². The Morgan fingerprint density at radius 3 is 2.79 bits per heavy atom. The van der Waals surface area contributed by atoms with Gasteiger partial charge in [-0.15, -0.1) is 0 Å². The third-order valence-electron chi connectivity index (χ3n) is 4.54. The van der Waals surface area contributed by atoms with E-state index in [0.29, 0.717) is 11.8 Å². The molecule has 2 N–H and O–H groups in total. The second-order valence-corrected chi connectivity index (χ2v) is 6.00. The largest absolute Gasteiger partial charge is 0.374 e. The molecule has 0 radical (unpaired) electrons. The number of anilines is 2. The first kappa shape index (κ1) is 12.5. The summed E-state index contributed by atoms with van der Waals surface area (Å²) in [7, 11) is 3.95. The van der Waals surface area contributed by atoms with Gasteiger partial charge in [0.15, 0.2) is 0 Å². The van der Waals surface area contributed by atoms with Gasteiger partial charge in [0.25, 0.3) is 0 Å². The quantitative estimate of drug-likeness (QED) is 0.888. The molecule has 0 aromatic heterocycles. The van der Waals surface area contributed by atoms with Gasteiger partial charge in [-0.1, -0.05) is 0 Å². The minimum Gasteiger partial charge on any atom is -0.374 e. The van der Waals surface area contributed by atoms with Crippen LogP contribution in [-0.2, 0) is 11.2 Å². The lowest BCUT2D eigenvalue weighted by molar-refractivity contribution is -0.117. The van der Waals surface area contributed by atoms with Crippen LogP contribution in [-0.4, -0.2) is 33.1 Å². The normalized spacial score (nSPS) is 19.5. The number of nitrogens with zero attached hydrogens (tertiary/aromatic N) is 2. The average molecular weight is 259 g/mol. The fourth-order valence-electron chi connectivity index (χ4n) is 2.89. The number of amides is 1. The molecule has 1 aromatic rings. The molecular formula is C15H21N3O. The zero-order valence-electron chi connectivity index (χ0n) is 11.6. The number of benzene rings is 1. The standard InChI is InChI=1S/C15H21N3O/c1-17(10-15(9-16)5-6-15)12-3-4-13-11(7-12)8-14(19)18(13)2/h3-4,7H,5-6,8-10,16H2,1-2H3. The molecule has 1 aliphatic heterocycles. The van der Waals surface area contributed by atoms with E-state index in [2.05, 4.69) is 24.1 Å². The third kappa shape index (κ3) is 2.10.